The largest absolute Gasteiger partial charge is 0.508 e. The zero-order valence-electron chi connectivity index (χ0n) is 71.8. The number of hydrogen-bond donors (Lipinski definition) is 22. The molecule has 5 aromatic rings. The molecule has 0 bridgehead atoms. The topological polar surface area (TPSA) is 679 Å². The third-order valence-corrected chi connectivity index (χ3v) is 23.4. The van der Waals surface area contributed by atoms with Crippen LogP contribution in [0.3, 0.4) is 0 Å². The molecule has 0 aliphatic carbocycles. The molecule has 0 unspecified atom stereocenters. The number of primary amides is 2. The second kappa shape index (κ2) is 48.1. The molecule has 3 saturated heterocycles. The fraction of sp³-hybridized carbons (Fsp3) is 0.518. The van der Waals surface area contributed by atoms with Gasteiger partial charge in [0.2, 0.25) is 100 Å². The number of nitrogens with zero attached hydrogens (tertiary/aromatic N) is 5. The number of fused-ring (bicyclic) bond motifs is 4. The van der Waals surface area contributed by atoms with Crippen molar-refractivity contribution in [1.82, 2.24) is 93.0 Å². The van der Waals surface area contributed by atoms with Gasteiger partial charge in [0.05, 0.1) is 38.0 Å². The molecule has 26 N–H and O–H groups in total. The van der Waals surface area contributed by atoms with Gasteiger partial charge in [0, 0.05) is 113 Å². The Labute approximate surface area is 741 Å². The first-order valence-electron chi connectivity index (χ1n) is 42.0. The molecule has 14 atom stereocenters. The summed E-state index contributed by atoms with van der Waals surface area (Å²) in [5.41, 5.74) is 25.4. The number of carbonyl (C=O) groups excluding carboxylic acids is 17. The maximum absolute atomic E-state index is 15.2. The zero-order valence-corrected chi connectivity index (χ0v) is 72.6. The molecule has 0 radical (unpaired) electrons. The Bertz CT molecular complexity index is 4840. The molecule has 3 fully saturated rings. The molecule has 5 heterocycles. The average Bonchev–Trinajstić information content (AvgIpc) is 1.35. The number of hydrogen-bond acceptors (Lipinski definition) is 24. The number of para-hydroxylation sites is 2. The molecule has 17 amide bonds. The van der Waals surface area contributed by atoms with Crippen LogP contribution >= 0.6 is 11.8 Å². The second-order valence-corrected chi connectivity index (χ2v) is 32.8. The van der Waals surface area contributed by atoms with Crippen molar-refractivity contribution in [2.75, 3.05) is 85.1 Å². The molecule has 0 spiro atoms. The van der Waals surface area contributed by atoms with Gasteiger partial charge in [-0.25, -0.2) is 0 Å². The van der Waals surface area contributed by atoms with E-state index in [-0.39, 0.29) is 89.6 Å². The number of aromatic amines is 2. The smallest absolute Gasteiger partial charge is 0.246 e. The summed E-state index contributed by atoms with van der Waals surface area (Å²) in [5.74, 6) is -18.4. The highest BCUT2D eigenvalue weighted by atomic mass is 32.2. The van der Waals surface area contributed by atoms with Gasteiger partial charge in [0.1, 0.15) is 84.3 Å². The summed E-state index contributed by atoms with van der Waals surface area (Å²) in [7, 11) is 3.74. The van der Waals surface area contributed by atoms with Gasteiger partial charge in [-0.15, -0.1) is 11.8 Å². The number of aromatic hydroxyl groups is 1. The number of phenolic OH excluding ortho intramolecular Hbond substituents is 1. The van der Waals surface area contributed by atoms with Gasteiger partial charge in [-0.2, -0.15) is 0 Å². The Morgan fingerprint density at radius 3 is 1.72 bits per heavy atom. The standard InChI is InChI=1S/C83H117N23O21S/c1-6-7-19-63-75(120)99-60(35-66(85)111)82(127)105-29-13-20-64(105)76(121)100-61(41-108)74(119)96-56(26-30-107)81(126)106-39-49(110)34-65(106)77(122)97-57(32-46-36-90-52-16-10-8-14-50(46)52)73(118)95-55(25-27-84)72(117)98-59(33-47-37-91-53-17-11-9-15-51(47)53)79(124)103(4)44(2)78(123)102(3)40-68(113)93-54(18-12-28-89-83(87)88)71(116)101-62(70(115)92-38-67(86)112)42-128-43-69(114)94-58(80(125)104(63)5)31-45-21-23-48(109)24-22-45/h8-11,14-17,21-24,36-37,44,49,54-65,90-91,107-110H,6-7,12-13,18-20,25-35,38-43,84H2,1-5H3,(H2,85,111)(H2,86,112)(H,92,115)(H,93,113)(H,94,114)(H,95,118)(H,96,119)(H,97,122)(H,98,117)(H,99,120)(H,100,121)(H,101,116)(H4,87,88,89)/t44-,49+,54-,55-,56-,57-,58-,59-,60+,61-,62-,63-,64-,65-/m0/s1. The van der Waals surface area contributed by atoms with Crippen LogP contribution in [0.15, 0.2) is 85.2 Å². The van der Waals surface area contributed by atoms with E-state index in [2.05, 4.69) is 68.5 Å². The van der Waals surface area contributed by atoms with Crippen molar-refractivity contribution < 1.29 is 102 Å². The molecule has 128 heavy (non-hydrogen) atoms. The minimum Gasteiger partial charge on any atom is -0.508 e. The van der Waals surface area contributed by atoms with Crippen LogP contribution in [-0.4, -0.2) is 331 Å². The minimum atomic E-state index is -1.90. The number of aliphatic hydroxyl groups excluding tert-OH is 3. The molecule has 3 aliphatic heterocycles. The third-order valence-electron chi connectivity index (χ3n) is 22.3. The summed E-state index contributed by atoms with van der Waals surface area (Å²) in [4.78, 5) is 256. The lowest BCUT2D eigenvalue weighted by Gasteiger charge is -2.33. The van der Waals surface area contributed by atoms with Gasteiger partial charge in [0.15, 0.2) is 5.96 Å². The number of unbranched alkanes of at least 4 members (excludes halogenated alkanes) is 1. The number of nitrogens with two attached hydrogens (primary N) is 4. The van der Waals surface area contributed by atoms with Crippen LogP contribution in [0.25, 0.3) is 21.8 Å². The highest BCUT2D eigenvalue weighted by molar-refractivity contribution is 8.00. The summed E-state index contributed by atoms with van der Waals surface area (Å²) in [5, 5.41) is 79.7. The monoisotopic (exact) mass is 1800 g/mol. The highest BCUT2D eigenvalue weighted by Crippen LogP contribution is 2.27. The van der Waals surface area contributed by atoms with Gasteiger partial charge in [-0.1, -0.05) is 68.3 Å². The lowest BCUT2D eigenvalue weighted by molar-refractivity contribution is -0.146. The molecule has 45 heteroatoms. The van der Waals surface area contributed by atoms with Crippen molar-refractivity contribution >= 4 is 140 Å². The lowest BCUT2D eigenvalue weighted by Crippen LogP contribution is -2.61. The number of rotatable bonds is 23. The van der Waals surface area contributed by atoms with Gasteiger partial charge < -0.3 is 136 Å². The maximum atomic E-state index is 15.2. The Morgan fingerprint density at radius 2 is 1.10 bits per heavy atom. The van der Waals surface area contributed by atoms with Crippen LogP contribution in [0.5, 0.6) is 5.75 Å². The van der Waals surface area contributed by atoms with Crippen LogP contribution in [0.1, 0.15) is 101 Å². The van der Waals surface area contributed by atoms with Crippen LogP contribution in [-0.2, 0) is 101 Å². The maximum Gasteiger partial charge on any atom is 0.246 e. The number of amides is 17. The van der Waals surface area contributed by atoms with E-state index in [9.17, 15) is 78.0 Å². The van der Waals surface area contributed by atoms with E-state index in [0.29, 0.717) is 44.9 Å². The number of likely N-dealkylation sites (N-methyl/N-ethyl adjacent to an activating group) is 3. The lowest BCUT2D eigenvalue weighted by atomic mass is 10.0. The van der Waals surface area contributed by atoms with Crippen LogP contribution < -0.4 is 81.4 Å². The number of carbonyl (C=O) groups is 17. The van der Waals surface area contributed by atoms with Crippen LogP contribution in [0.4, 0.5) is 0 Å². The second-order valence-electron chi connectivity index (χ2n) is 31.8. The Hall–Kier alpha value is -13.0. The number of H-pyrrole nitrogens is 2. The molecule has 44 nitrogen and oxygen atoms in total. The number of aliphatic hydroxyl groups is 3. The summed E-state index contributed by atoms with van der Waals surface area (Å²) in [6, 6.07) is -1.32. The molecule has 8 rings (SSSR count). The van der Waals surface area contributed by atoms with E-state index in [0.717, 1.165) is 36.3 Å². The first-order chi connectivity index (χ1) is 60.9. The van der Waals surface area contributed by atoms with Crippen molar-refractivity contribution in [3.63, 3.8) is 0 Å². The van der Waals surface area contributed by atoms with Crippen LogP contribution in [0, 0.1) is 5.41 Å². The Morgan fingerprint density at radius 1 is 0.555 bits per heavy atom. The molecule has 3 aromatic carbocycles. The van der Waals surface area contributed by atoms with Crippen molar-refractivity contribution in [3.8, 4) is 5.75 Å². The van der Waals surface area contributed by atoms with Crippen molar-refractivity contribution in [2.24, 2.45) is 22.9 Å². The van der Waals surface area contributed by atoms with Gasteiger partial charge in [-0.05, 0) is 99.4 Å². The third kappa shape index (κ3) is 28.0. The number of thioether (sulfide) groups is 1. The number of nitrogens with one attached hydrogen (secondary N) is 14. The van der Waals surface area contributed by atoms with Gasteiger partial charge in [-0.3, -0.25) is 86.9 Å². The van der Waals surface area contributed by atoms with E-state index in [1.807, 2.05) is 0 Å². The van der Waals surface area contributed by atoms with E-state index in [4.69, 9.17) is 28.3 Å². The van der Waals surface area contributed by atoms with Crippen molar-refractivity contribution in [2.45, 2.75) is 188 Å². The molecule has 3 aliphatic rings. The summed E-state index contributed by atoms with van der Waals surface area (Å²) < 4.78 is 0. The van der Waals surface area contributed by atoms with E-state index < -0.39 is 255 Å². The quantitative estimate of drug-likeness (QED) is 0.0164. The Kier molecular flexibility index (Phi) is 37.7. The number of guanidine groups is 1. The summed E-state index contributed by atoms with van der Waals surface area (Å²) >= 11 is 0.748. The summed E-state index contributed by atoms with van der Waals surface area (Å²) in [6.45, 7) is -1.29. The predicted octanol–water partition coefficient (Wildman–Crippen LogP) is -6.77. The van der Waals surface area contributed by atoms with Crippen molar-refractivity contribution in [1.29, 1.82) is 5.41 Å². The van der Waals surface area contributed by atoms with E-state index in [1.54, 1.807) is 67.8 Å². The number of phenols is 1. The molecule has 0 saturated carbocycles. The highest BCUT2D eigenvalue weighted by Gasteiger charge is 2.46. The van der Waals surface area contributed by atoms with Gasteiger partial charge >= 0.3 is 0 Å². The zero-order chi connectivity index (χ0) is 93.8. The molecule has 2 aromatic heterocycles. The number of benzene rings is 3. The fourth-order valence-corrected chi connectivity index (χ4v) is 16.2. The molecular formula is C83H117N23O21S. The first-order valence-corrected chi connectivity index (χ1v) is 43.2. The van der Waals surface area contributed by atoms with Gasteiger partial charge in [0.25, 0.3) is 0 Å². The molecular weight excluding hydrogens is 1690 g/mol. The SMILES string of the molecule is CCCC[C@H]1C(=O)N[C@H](CC(N)=O)C(=O)N2CCC[C@H]2C(=O)N[C@@H](CO)C(=O)N[C@@H](CCO)C(=O)N2C[C@H](O)C[C@H]2C(=O)N[C@@H](Cc2c[nH]c3ccccc23)C(=O)N[C@@H](CCN)C(=O)N[C@@H](Cc2c[nH]c3ccccc23)C(=O)N(C)[C@@H](C)C(=O)N(C)CC(=O)N[C@@H](CCCNC(=N)N)C(=O)N[C@H](C(=O)NCC(N)=O)CSCC(=O)N[C@@H](Cc2ccc(O)cc2)C(=O)N1C. The summed E-state index contributed by atoms with van der Waals surface area (Å²) in [6.07, 6.45) is -0.653. The first kappa shape index (κ1) is 100. The van der Waals surface area contributed by atoms with Crippen LogP contribution in [0.2, 0.25) is 0 Å². The van der Waals surface area contributed by atoms with Crippen molar-refractivity contribution in [3.05, 3.63) is 102 Å². The number of aromatic nitrogens is 2. The predicted molar refractivity (Wildman–Crippen MR) is 465 cm³/mol. The normalized spacial score (nSPS) is 24.8. The Balaban J connectivity index is 1.15. The van der Waals surface area contributed by atoms with E-state index >= 15 is 24.0 Å². The molecule has 696 valence electrons. The minimum absolute atomic E-state index is 0.0154. The van der Waals surface area contributed by atoms with E-state index in [1.165, 1.54) is 52.3 Å². The fourth-order valence-electron chi connectivity index (χ4n) is 15.4. The average molecular weight is 1810 g/mol.